The summed E-state index contributed by atoms with van der Waals surface area (Å²) in [5.41, 5.74) is 6.71. The van der Waals surface area contributed by atoms with Crippen molar-refractivity contribution in [2.45, 2.75) is 6.61 Å². The fourth-order valence-corrected chi connectivity index (χ4v) is 1.62. The number of nitrogens with zero attached hydrogens (tertiary/aromatic N) is 2. The summed E-state index contributed by atoms with van der Waals surface area (Å²) in [5.74, 6) is 1.27. The van der Waals surface area contributed by atoms with Gasteiger partial charge in [0.15, 0.2) is 5.82 Å². The van der Waals surface area contributed by atoms with Crippen LogP contribution in [0.4, 0.5) is 5.69 Å². The molecule has 1 aromatic carbocycles. The van der Waals surface area contributed by atoms with E-state index in [1.54, 1.807) is 19.2 Å². The third-order valence-electron chi connectivity index (χ3n) is 2.29. The van der Waals surface area contributed by atoms with Crippen LogP contribution in [0.1, 0.15) is 5.82 Å². The van der Waals surface area contributed by atoms with Gasteiger partial charge in [-0.25, -0.2) is 0 Å². The maximum atomic E-state index is 5.97. The lowest BCUT2D eigenvalue weighted by Gasteiger charge is -2.07. The predicted octanol–water partition coefficient (Wildman–Crippen LogP) is 2.13. The quantitative estimate of drug-likeness (QED) is 0.856. The fraction of sp³-hybridized carbons (Fsp3) is 0.273. The Balaban J connectivity index is 2.45. The smallest absolute Gasteiger partial charge is 0.261 e. The van der Waals surface area contributed by atoms with Crippen LogP contribution in [0.15, 0.2) is 16.7 Å². The highest BCUT2D eigenvalue weighted by molar-refractivity contribution is 6.33. The number of hydrogen-bond acceptors (Lipinski definition) is 6. The molecule has 96 valence electrons. The van der Waals surface area contributed by atoms with Gasteiger partial charge in [-0.3, -0.25) is 0 Å². The van der Waals surface area contributed by atoms with Gasteiger partial charge in [0.1, 0.15) is 12.4 Å². The minimum absolute atomic E-state index is 0.272. The zero-order chi connectivity index (χ0) is 13.1. The highest BCUT2D eigenvalue weighted by atomic mass is 35.5. The second kappa shape index (κ2) is 5.24. The molecule has 0 amide bonds. The van der Waals surface area contributed by atoms with Crippen LogP contribution in [0.5, 0.6) is 5.75 Å². The number of halogens is 1. The Labute approximate surface area is 109 Å². The highest BCUT2D eigenvalue weighted by Crippen LogP contribution is 2.35. The molecular formula is C11H12ClN3O3. The molecule has 1 aromatic heterocycles. The van der Waals surface area contributed by atoms with E-state index < -0.39 is 0 Å². The van der Waals surface area contributed by atoms with Crippen molar-refractivity contribution in [2.24, 2.45) is 0 Å². The molecule has 0 spiro atoms. The molecular weight excluding hydrogens is 258 g/mol. The number of nitrogens with two attached hydrogens (primary N) is 1. The van der Waals surface area contributed by atoms with Crippen molar-refractivity contribution in [3.05, 3.63) is 23.0 Å². The van der Waals surface area contributed by atoms with Gasteiger partial charge in [-0.1, -0.05) is 16.8 Å². The van der Waals surface area contributed by atoms with Gasteiger partial charge in [0, 0.05) is 13.2 Å². The minimum atomic E-state index is 0.272. The molecule has 0 aliphatic rings. The summed E-state index contributed by atoms with van der Waals surface area (Å²) >= 11 is 5.97. The molecule has 1 heterocycles. The first-order chi connectivity index (χ1) is 8.65. The van der Waals surface area contributed by atoms with E-state index >= 15 is 0 Å². The number of nitrogen functional groups attached to an aromatic ring is 1. The second-order valence-corrected chi connectivity index (χ2v) is 3.93. The molecule has 0 atom stereocenters. The summed E-state index contributed by atoms with van der Waals surface area (Å²) in [7, 11) is 3.08. The van der Waals surface area contributed by atoms with E-state index in [9.17, 15) is 0 Å². The normalized spacial score (nSPS) is 10.6. The molecule has 0 unspecified atom stereocenters. The summed E-state index contributed by atoms with van der Waals surface area (Å²) in [4.78, 5) is 4.17. The van der Waals surface area contributed by atoms with Crippen molar-refractivity contribution in [1.29, 1.82) is 0 Å². The Morgan fingerprint density at radius 2 is 2.17 bits per heavy atom. The largest absolute Gasteiger partial charge is 0.496 e. The van der Waals surface area contributed by atoms with Crippen molar-refractivity contribution < 1.29 is 14.0 Å². The lowest BCUT2D eigenvalue weighted by Crippen LogP contribution is -1.94. The molecule has 0 aliphatic carbocycles. The van der Waals surface area contributed by atoms with Gasteiger partial charge in [0.2, 0.25) is 0 Å². The number of benzene rings is 1. The van der Waals surface area contributed by atoms with Crippen molar-refractivity contribution in [3.63, 3.8) is 0 Å². The van der Waals surface area contributed by atoms with Crippen LogP contribution in [0.25, 0.3) is 11.5 Å². The Kier molecular flexibility index (Phi) is 3.69. The Morgan fingerprint density at radius 3 is 2.83 bits per heavy atom. The second-order valence-electron chi connectivity index (χ2n) is 3.52. The van der Waals surface area contributed by atoms with Crippen LogP contribution in [-0.2, 0) is 11.3 Å². The summed E-state index contributed by atoms with van der Waals surface area (Å²) in [5, 5.41) is 4.17. The zero-order valence-electron chi connectivity index (χ0n) is 9.94. The molecule has 18 heavy (non-hydrogen) atoms. The van der Waals surface area contributed by atoms with E-state index in [1.165, 1.54) is 7.11 Å². The lowest BCUT2D eigenvalue weighted by atomic mass is 10.2. The topological polar surface area (TPSA) is 83.4 Å². The zero-order valence-corrected chi connectivity index (χ0v) is 10.7. The molecule has 6 nitrogen and oxygen atoms in total. The molecule has 2 rings (SSSR count). The van der Waals surface area contributed by atoms with Crippen LogP contribution >= 0.6 is 11.6 Å². The van der Waals surface area contributed by atoms with Crippen molar-refractivity contribution in [1.82, 2.24) is 10.1 Å². The Bertz CT molecular complexity index is 556. The van der Waals surface area contributed by atoms with E-state index in [1.807, 2.05) is 0 Å². The molecule has 0 saturated heterocycles. The van der Waals surface area contributed by atoms with Gasteiger partial charge in [-0.2, -0.15) is 4.98 Å². The third kappa shape index (κ3) is 2.39. The molecule has 0 radical (unpaired) electrons. The molecule has 0 bridgehead atoms. The number of hydrogen-bond donors (Lipinski definition) is 1. The number of aromatic nitrogens is 2. The molecule has 0 saturated carbocycles. The monoisotopic (exact) mass is 269 g/mol. The average molecular weight is 270 g/mol. The van der Waals surface area contributed by atoms with Crippen molar-refractivity contribution in [3.8, 4) is 17.2 Å². The summed E-state index contributed by atoms with van der Waals surface area (Å²) in [6.45, 7) is 0.272. The molecule has 2 aromatic rings. The van der Waals surface area contributed by atoms with Crippen molar-refractivity contribution in [2.75, 3.05) is 20.0 Å². The van der Waals surface area contributed by atoms with E-state index in [-0.39, 0.29) is 6.61 Å². The van der Waals surface area contributed by atoms with Gasteiger partial charge >= 0.3 is 0 Å². The van der Waals surface area contributed by atoms with Gasteiger partial charge < -0.3 is 19.7 Å². The predicted molar refractivity (Wildman–Crippen MR) is 66.4 cm³/mol. The average Bonchev–Trinajstić information content (AvgIpc) is 2.81. The first kappa shape index (κ1) is 12.7. The number of rotatable bonds is 4. The summed E-state index contributed by atoms with van der Waals surface area (Å²) < 4.78 is 15.2. The highest BCUT2D eigenvalue weighted by Gasteiger charge is 2.16. The summed E-state index contributed by atoms with van der Waals surface area (Å²) in [6.07, 6.45) is 0. The molecule has 0 aliphatic heterocycles. The number of ether oxygens (including phenoxy) is 2. The first-order valence-corrected chi connectivity index (χ1v) is 5.48. The van der Waals surface area contributed by atoms with Crippen LogP contribution in [0.2, 0.25) is 5.02 Å². The van der Waals surface area contributed by atoms with E-state index in [4.69, 9.17) is 31.3 Å². The number of anilines is 1. The fourth-order valence-electron chi connectivity index (χ4n) is 1.46. The van der Waals surface area contributed by atoms with E-state index in [2.05, 4.69) is 10.1 Å². The van der Waals surface area contributed by atoms with Gasteiger partial charge in [0.25, 0.3) is 5.89 Å². The maximum absolute atomic E-state index is 5.97. The van der Waals surface area contributed by atoms with Crippen LogP contribution < -0.4 is 10.5 Å². The molecule has 2 N–H and O–H groups in total. The van der Waals surface area contributed by atoms with Gasteiger partial charge in [-0.15, -0.1) is 0 Å². The van der Waals surface area contributed by atoms with Crippen LogP contribution in [0, 0.1) is 0 Å². The minimum Gasteiger partial charge on any atom is -0.496 e. The third-order valence-corrected chi connectivity index (χ3v) is 2.62. The number of methoxy groups -OCH3 is 2. The molecule has 7 heteroatoms. The first-order valence-electron chi connectivity index (χ1n) is 5.10. The SMILES string of the molecule is COCc1noc(-c2cc(Cl)c(N)cc2OC)n1. The lowest BCUT2D eigenvalue weighted by molar-refractivity contribution is 0.174. The van der Waals surface area contributed by atoms with Crippen LogP contribution in [0.3, 0.4) is 0 Å². The van der Waals surface area contributed by atoms with Gasteiger partial charge in [-0.05, 0) is 6.07 Å². The maximum Gasteiger partial charge on any atom is 0.261 e. The summed E-state index contributed by atoms with van der Waals surface area (Å²) in [6, 6.07) is 3.23. The van der Waals surface area contributed by atoms with Gasteiger partial charge in [0.05, 0.1) is 23.4 Å². The standard InChI is InChI=1S/C11H12ClN3O3/c1-16-5-10-14-11(18-15-10)6-3-7(12)8(13)4-9(6)17-2/h3-4H,5,13H2,1-2H3. The Morgan fingerprint density at radius 1 is 1.39 bits per heavy atom. The van der Waals surface area contributed by atoms with E-state index in [0.29, 0.717) is 33.7 Å². The molecule has 0 fully saturated rings. The van der Waals surface area contributed by atoms with Crippen LogP contribution in [-0.4, -0.2) is 24.4 Å². The van der Waals surface area contributed by atoms with Crippen molar-refractivity contribution >= 4 is 17.3 Å². The van der Waals surface area contributed by atoms with E-state index in [0.717, 1.165) is 0 Å². The Hall–Kier alpha value is -1.79.